The Labute approximate surface area is 168 Å². The third-order valence-electron chi connectivity index (χ3n) is 4.46. The highest BCUT2D eigenvalue weighted by molar-refractivity contribution is 6.06. The Bertz CT molecular complexity index is 919. The number of carbonyl (C=O) groups excluding carboxylic acids is 3. The van der Waals surface area contributed by atoms with Crippen LogP contribution < -0.4 is 15.0 Å². The van der Waals surface area contributed by atoms with E-state index < -0.39 is 6.09 Å². The van der Waals surface area contributed by atoms with Crippen LogP contribution in [0.15, 0.2) is 54.6 Å². The van der Waals surface area contributed by atoms with Crippen molar-refractivity contribution in [3.8, 4) is 5.75 Å². The van der Waals surface area contributed by atoms with Crippen LogP contribution in [-0.2, 0) is 9.53 Å². The van der Waals surface area contributed by atoms with Gasteiger partial charge in [-0.2, -0.15) is 0 Å². The zero-order valence-electron chi connectivity index (χ0n) is 16.3. The van der Waals surface area contributed by atoms with Crippen LogP contribution in [0.2, 0.25) is 0 Å². The minimum Gasteiger partial charge on any atom is -0.497 e. The van der Waals surface area contributed by atoms with Gasteiger partial charge in [-0.05, 0) is 48.0 Å². The second kappa shape index (κ2) is 9.05. The molecule has 1 aliphatic rings. The predicted molar refractivity (Wildman–Crippen MR) is 109 cm³/mol. The molecule has 0 aromatic heterocycles. The Balaban J connectivity index is 1.61. The van der Waals surface area contributed by atoms with Crippen LogP contribution in [0, 0.1) is 0 Å². The summed E-state index contributed by atoms with van der Waals surface area (Å²) in [6.45, 7) is 2.07. The molecule has 2 amide bonds. The number of allylic oxidation sites excluding steroid dienone is 1. The summed E-state index contributed by atoms with van der Waals surface area (Å²) in [5, 5.41) is 2.65. The molecule has 0 aliphatic carbocycles. The Morgan fingerprint density at radius 2 is 1.86 bits per heavy atom. The lowest BCUT2D eigenvalue weighted by molar-refractivity contribution is -0.119. The zero-order valence-corrected chi connectivity index (χ0v) is 16.3. The Morgan fingerprint density at radius 1 is 1.17 bits per heavy atom. The molecular weight excluding hydrogens is 372 g/mol. The van der Waals surface area contributed by atoms with Crippen molar-refractivity contribution < 1.29 is 23.9 Å². The van der Waals surface area contributed by atoms with Crippen LogP contribution in [-0.4, -0.2) is 44.1 Å². The second-order valence-electron chi connectivity index (χ2n) is 6.57. The predicted octanol–water partition coefficient (Wildman–Crippen LogP) is 3.05. The van der Waals surface area contributed by atoms with Crippen LogP contribution >= 0.6 is 0 Å². The fourth-order valence-corrected chi connectivity index (χ4v) is 2.89. The number of nitrogens with one attached hydrogen (secondary N) is 1. The number of anilines is 1. The van der Waals surface area contributed by atoms with Gasteiger partial charge in [-0.15, -0.1) is 0 Å². The molecule has 7 heteroatoms. The van der Waals surface area contributed by atoms with Crippen molar-refractivity contribution in [3.63, 3.8) is 0 Å². The smallest absolute Gasteiger partial charge is 0.414 e. The Hall–Kier alpha value is -3.61. The van der Waals surface area contributed by atoms with E-state index in [0.29, 0.717) is 23.5 Å². The number of carbonyl (C=O) groups is 3. The van der Waals surface area contributed by atoms with Crippen LogP contribution in [0.1, 0.15) is 22.8 Å². The van der Waals surface area contributed by atoms with Gasteiger partial charge in [0.2, 0.25) is 5.91 Å². The summed E-state index contributed by atoms with van der Waals surface area (Å²) in [6.07, 6.45) is 2.40. The second-order valence-corrected chi connectivity index (χ2v) is 6.57. The SMILES string of the molecule is COc1ccc(C(=O)/C=C/c2ccc(N3C[C@H](CNC(C)=O)OC3=O)cc2)cc1. The van der Waals surface area contributed by atoms with Gasteiger partial charge in [0.25, 0.3) is 0 Å². The highest BCUT2D eigenvalue weighted by Crippen LogP contribution is 2.22. The first-order chi connectivity index (χ1) is 14.0. The number of rotatable bonds is 7. The van der Waals surface area contributed by atoms with E-state index in [1.807, 2.05) is 12.1 Å². The summed E-state index contributed by atoms with van der Waals surface area (Å²) in [6, 6.07) is 14.1. The first-order valence-electron chi connectivity index (χ1n) is 9.15. The van der Waals surface area contributed by atoms with Gasteiger partial charge in [0.1, 0.15) is 11.9 Å². The molecule has 2 aromatic rings. The Kier molecular flexibility index (Phi) is 6.29. The zero-order chi connectivity index (χ0) is 20.8. The maximum Gasteiger partial charge on any atom is 0.414 e. The first-order valence-corrected chi connectivity index (χ1v) is 9.15. The fourth-order valence-electron chi connectivity index (χ4n) is 2.89. The summed E-state index contributed by atoms with van der Waals surface area (Å²) < 4.78 is 10.3. The van der Waals surface area contributed by atoms with E-state index in [9.17, 15) is 14.4 Å². The summed E-state index contributed by atoms with van der Waals surface area (Å²) in [7, 11) is 1.57. The number of hydrogen-bond donors (Lipinski definition) is 1. The topological polar surface area (TPSA) is 84.9 Å². The molecule has 0 unspecified atom stereocenters. The van der Waals surface area contributed by atoms with E-state index in [-0.39, 0.29) is 24.3 Å². The molecule has 0 saturated carbocycles. The third-order valence-corrected chi connectivity index (χ3v) is 4.46. The number of nitrogens with zero attached hydrogens (tertiary/aromatic N) is 1. The van der Waals surface area contributed by atoms with Crippen LogP contribution in [0.4, 0.5) is 10.5 Å². The number of ketones is 1. The molecule has 0 spiro atoms. The van der Waals surface area contributed by atoms with Crippen molar-refractivity contribution in [2.24, 2.45) is 0 Å². The van der Waals surface area contributed by atoms with Crippen molar-refractivity contribution >= 4 is 29.5 Å². The van der Waals surface area contributed by atoms with Gasteiger partial charge in [-0.25, -0.2) is 4.79 Å². The lowest BCUT2D eigenvalue weighted by Crippen LogP contribution is -2.33. The molecule has 150 valence electrons. The maximum atomic E-state index is 12.3. The van der Waals surface area contributed by atoms with Crippen molar-refractivity contribution in [3.05, 3.63) is 65.7 Å². The van der Waals surface area contributed by atoms with Crippen molar-refractivity contribution in [1.82, 2.24) is 5.32 Å². The van der Waals surface area contributed by atoms with Crippen LogP contribution in [0.25, 0.3) is 6.08 Å². The normalized spacial score (nSPS) is 16.0. The fraction of sp³-hybridized carbons (Fsp3) is 0.227. The standard InChI is InChI=1S/C22H22N2O5/c1-15(25)23-13-20-14-24(22(27)29-20)18-8-3-16(4-9-18)5-12-21(26)17-6-10-19(28-2)11-7-17/h3-12,20H,13-14H2,1-2H3,(H,23,25)/b12-5+/t20-/m0/s1. The minimum absolute atomic E-state index is 0.110. The lowest BCUT2D eigenvalue weighted by atomic mass is 10.1. The van der Waals surface area contributed by atoms with Crippen molar-refractivity contribution in [2.75, 3.05) is 25.1 Å². The highest BCUT2D eigenvalue weighted by atomic mass is 16.6. The van der Waals surface area contributed by atoms with E-state index in [0.717, 1.165) is 5.56 Å². The van der Waals surface area contributed by atoms with Crippen LogP contribution in [0.3, 0.4) is 0 Å². The first kappa shape index (κ1) is 20.1. The molecule has 1 heterocycles. The molecule has 29 heavy (non-hydrogen) atoms. The number of methoxy groups -OCH3 is 1. The number of amides is 2. The monoisotopic (exact) mass is 394 g/mol. The van der Waals surface area contributed by atoms with Gasteiger partial charge in [0, 0.05) is 18.2 Å². The number of benzene rings is 2. The van der Waals surface area contributed by atoms with Gasteiger partial charge in [-0.3, -0.25) is 14.5 Å². The summed E-state index contributed by atoms with van der Waals surface area (Å²) in [5.41, 5.74) is 2.10. The Morgan fingerprint density at radius 3 is 2.48 bits per heavy atom. The van der Waals surface area contributed by atoms with Gasteiger partial charge in [0.15, 0.2) is 5.78 Å². The molecule has 0 bridgehead atoms. The summed E-state index contributed by atoms with van der Waals surface area (Å²) in [5.74, 6) is 0.418. The van der Waals surface area contributed by atoms with Gasteiger partial charge in [-0.1, -0.05) is 18.2 Å². The molecule has 1 atom stereocenters. The summed E-state index contributed by atoms with van der Waals surface area (Å²) >= 11 is 0. The average Bonchev–Trinajstić information content (AvgIpc) is 3.11. The maximum absolute atomic E-state index is 12.3. The molecule has 0 radical (unpaired) electrons. The molecule has 1 saturated heterocycles. The number of hydrogen-bond acceptors (Lipinski definition) is 5. The number of cyclic esters (lactones) is 1. The van der Waals surface area contributed by atoms with Crippen molar-refractivity contribution in [2.45, 2.75) is 13.0 Å². The minimum atomic E-state index is -0.446. The van der Waals surface area contributed by atoms with Gasteiger partial charge < -0.3 is 14.8 Å². The third kappa shape index (κ3) is 5.22. The molecular formula is C22H22N2O5. The molecule has 7 nitrogen and oxygen atoms in total. The number of ether oxygens (including phenoxy) is 2. The van der Waals surface area contributed by atoms with Crippen molar-refractivity contribution in [1.29, 1.82) is 0 Å². The largest absolute Gasteiger partial charge is 0.497 e. The van der Waals surface area contributed by atoms with E-state index in [4.69, 9.17) is 9.47 Å². The molecule has 1 N–H and O–H groups in total. The van der Waals surface area contributed by atoms with Gasteiger partial charge >= 0.3 is 6.09 Å². The van der Waals surface area contributed by atoms with E-state index in [1.54, 1.807) is 49.6 Å². The van der Waals surface area contributed by atoms with E-state index in [2.05, 4.69) is 5.32 Å². The highest BCUT2D eigenvalue weighted by Gasteiger charge is 2.32. The van der Waals surface area contributed by atoms with E-state index in [1.165, 1.54) is 17.9 Å². The lowest BCUT2D eigenvalue weighted by Gasteiger charge is -2.13. The molecule has 3 rings (SSSR count). The van der Waals surface area contributed by atoms with E-state index >= 15 is 0 Å². The van der Waals surface area contributed by atoms with Crippen LogP contribution in [0.5, 0.6) is 5.75 Å². The molecule has 2 aromatic carbocycles. The van der Waals surface area contributed by atoms with Gasteiger partial charge in [0.05, 0.1) is 20.2 Å². The molecule has 1 aliphatic heterocycles. The quantitative estimate of drug-likeness (QED) is 0.576. The average molecular weight is 394 g/mol. The molecule has 1 fully saturated rings. The summed E-state index contributed by atoms with van der Waals surface area (Å²) in [4.78, 5) is 36.8.